The van der Waals surface area contributed by atoms with Gasteiger partial charge in [-0.15, -0.1) is 0 Å². The highest BCUT2D eigenvalue weighted by Crippen LogP contribution is 2.33. The number of hydrogen-bond donors (Lipinski definition) is 2. The van der Waals surface area contributed by atoms with Gasteiger partial charge in [-0.05, 0) is 42.2 Å². The van der Waals surface area contributed by atoms with Crippen molar-refractivity contribution in [3.05, 3.63) is 42.0 Å². The van der Waals surface area contributed by atoms with Gasteiger partial charge in [-0.2, -0.15) is 0 Å². The van der Waals surface area contributed by atoms with E-state index in [4.69, 9.17) is 10.5 Å². The van der Waals surface area contributed by atoms with E-state index in [2.05, 4.69) is 24.1 Å². The zero-order chi connectivity index (χ0) is 19.6. The number of aromatic nitrogens is 1. The maximum atomic E-state index is 12.7. The third-order valence-electron chi connectivity index (χ3n) is 4.46. The molecule has 7 heteroatoms. The number of pyridine rings is 1. The van der Waals surface area contributed by atoms with Crippen LogP contribution in [0.15, 0.2) is 36.4 Å². The Morgan fingerprint density at radius 1 is 1.26 bits per heavy atom. The zero-order valence-electron chi connectivity index (χ0n) is 15.7. The normalized spacial score (nSPS) is 16.1. The van der Waals surface area contributed by atoms with Gasteiger partial charge in [0.15, 0.2) is 17.7 Å². The van der Waals surface area contributed by atoms with Crippen LogP contribution in [-0.2, 0) is 9.59 Å². The SMILES string of the molecule is CCC1Oc2ccc(N)nc2N(CC(=O)Nc2ccc(C(C)C)cc2)C1=O. The Kier molecular flexibility index (Phi) is 5.30. The van der Waals surface area contributed by atoms with Gasteiger partial charge in [0.2, 0.25) is 5.91 Å². The lowest BCUT2D eigenvalue weighted by Gasteiger charge is -2.32. The van der Waals surface area contributed by atoms with Crippen molar-refractivity contribution >= 4 is 29.1 Å². The number of nitrogens with two attached hydrogens (primary N) is 1. The predicted octanol–water partition coefficient (Wildman–Crippen LogP) is 2.93. The lowest BCUT2D eigenvalue weighted by atomic mass is 10.0. The van der Waals surface area contributed by atoms with E-state index in [0.29, 0.717) is 23.8 Å². The van der Waals surface area contributed by atoms with Crippen molar-refractivity contribution in [3.8, 4) is 5.75 Å². The maximum Gasteiger partial charge on any atom is 0.269 e. The first-order valence-electron chi connectivity index (χ1n) is 9.03. The number of nitrogens with zero attached hydrogens (tertiary/aromatic N) is 2. The third-order valence-corrected chi connectivity index (χ3v) is 4.46. The summed E-state index contributed by atoms with van der Waals surface area (Å²) in [6.45, 7) is 5.91. The second-order valence-electron chi connectivity index (χ2n) is 6.82. The third kappa shape index (κ3) is 4.02. The molecule has 3 rings (SSSR count). The standard InChI is InChI=1S/C20H24N4O3/c1-4-15-20(26)24(19-16(27-15)9-10-17(21)23-19)11-18(25)22-14-7-5-13(6-8-14)12(2)3/h5-10,12,15H,4,11H2,1-3H3,(H2,21,23)(H,22,25). The summed E-state index contributed by atoms with van der Waals surface area (Å²) in [5.41, 5.74) is 7.61. The second kappa shape index (κ2) is 7.65. The van der Waals surface area contributed by atoms with Crippen LogP contribution in [0.3, 0.4) is 0 Å². The maximum absolute atomic E-state index is 12.7. The molecule has 0 aliphatic carbocycles. The molecule has 27 heavy (non-hydrogen) atoms. The highest BCUT2D eigenvalue weighted by molar-refractivity contribution is 6.05. The quantitative estimate of drug-likeness (QED) is 0.846. The fourth-order valence-corrected chi connectivity index (χ4v) is 2.92. The van der Waals surface area contributed by atoms with Gasteiger partial charge in [-0.1, -0.05) is 32.9 Å². The number of amides is 2. The number of nitrogens with one attached hydrogen (secondary N) is 1. The molecular weight excluding hydrogens is 344 g/mol. The molecule has 1 aliphatic heterocycles. The molecule has 7 nitrogen and oxygen atoms in total. The van der Waals surface area contributed by atoms with Crippen LogP contribution in [-0.4, -0.2) is 29.4 Å². The molecular formula is C20H24N4O3. The van der Waals surface area contributed by atoms with Crippen LogP contribution < -0.4 is 20.7 Å². The molecule has 0 spiro atoms. The minimum atomic E-state index is -0.638. The molecule has 1 unspecified atom stereocenters. The van der Waals surface area contributed by atoms with E-state index in [1.54, 1.807) is 12.1 Å². The Morgan fingerprint density at radius 2 is 1.96 bits per heavy atom. The number of hydrogen-bond acceptors (Lipinski definition) is 5. The van der Waals surface area contributed by atoms with Gasteiger partial charge < -0.3 is 15.8 Å². The Bertz CT molecular complexity index is 849. The summed E-state index contributed by atoms with van der Waals surface area (Å²) in [5, 5.41) is 2.82. The molecule has 1 aliphatic rings. The van der Waals surface area contributed by atoms with Gasteiger partial charge >= 0.3 is 0 Å². The van der Waals surface area contributed by atoms with Crippen LogP contribution in [0.4, 0.5) is 17.3 Å². The summed E-state index contributed by atoms with van der Waals surface area (Å²) in [6, 6.07) is 10.9. The van der Waals surface area contributed by atoms with Crippen molar-refractivity contribution in [1.29, 1.82) is 0 Å². The molecule has 142 valence electrons. The van der Waals surface area contributed by atoms with Gasteiger partial charge in [0.1, 0.15) is 12.4 Å². The van der Waals surface area contributed by atoms with E-state index < -0.39 is 6.10 Å². The average Bonchev–Trinajstić information content (AvgIpc) is 2.64. The summed E-state index contributed by atoms with van der Waals surface area (Å²) in [4.78, 5) is 30.7. The summed E-state index contributed by atoms with van der Waals surface area (Å²) in [7, 11) is 0. The van der Waals surface area contributed by atoms with E-state index in [9.17, 15) is 9.59 Å². The number of nitrogen functional groups attached to an aromatic ring is 1. The molecule has 2 heterocycles. The lowest BCUT2D eigenvalue weighted by molar-refractivity contribution is -0.128. The number of carbonyl (C=O) groups is 2. The first-order chi connectivity index (χ1) is 12.9. The number of rotatable bonds is 5. The fourth-order valence-electron chi connectivity index (χ4n) is 2.92. The molecule has 2 amide bonds. The molecule has 1 aromatic carbocycles. The lowest BCUT2D eigenvalue weighted by Crippen LogP contribution is -2.49. The van der Waals surface area contributed by atoms with Crippen LogP contribution >= 0.6 is 0 Å². The highest BCUT2D eigenvalue weighted by Gasteiger charge is 2.35. The zero-order valence-corrected chi connectivity index (χ0v) is 15.7. The molecule has 3 N–H and O–H groups in total. The van der Waals surface area contributed by atoms with Crippen molar-refractivity contribution in [2.75, 3.05) is 22.5 Å². The number of benzene rings is 1. The van der Waals surface area contributed by atoms with E-state index in [-0.39, 0.29) is 30.0 Å². The summed E-state index contributed by atoms with van der Waals surface area (Å²) >= 11 is 0. The topological polar surface area (TPSA) is 97.6 Å². The molecule has 0 radical (unpaired) electrons. The van der Waals surface area contributed by atoms with Gasteiger partial charge in [0, 0.05) is 5.69 Å². The van der Waals surface area contributed by atoms with Crippen molar-refractivity contribution < 1.29 is 14.3 Å². The summed E-state index contributed by atoms with van der Waals surface area (Å²) in [5.74, 6) is 0.787. The van der Waals surface area contributed by atoms with Crippen molar-refractivity contribution in [3.63, 3.8) is 0 Å². The molecule has 1 aromatic heterocycles. The fraction of sp³-hybridized carbons (Fsp3) is 0.350. The molecule has 1 atom stereocenters. The van der Waals surface area contributed by atoms with E-state index in [1.165, 1.54) is 10.5 Å². The smallest absolute Gasteiger partial charge is 0.269 e. The first kappa shape index (κ1) is 18.7. The summed E-state index contributed by atoms with van der Waals surface area (Å²) in [6.07, 6.45) is -0.140. The number of fused-ring (bicyclic) bond motifs is 1. The minimum Gasteiger partial charge on any atom is -0.477 e. The van der Waals surface area contributed by atoms with Crippen LogP contribution in [0.5, 0.6) is 5.75 Å². The van der Waals surface area contributed by atoms with Crippen LogP contribution in [0.2, 0.25) is 0 Å². The van der Waals surface area contributed by atoms with Gasteiger partial charge in [-0.3, -0.25) is 14.5 Å². The number of ether oxygens (including phenoxy) is 1. The van der Waals surface area contributed by atoms with Crippen LogP contribution in [0, 0.1) is 0 Å². The number of anilines is 3. The predicted molar refractivity (Wildman–Crippen MR) is 105 cm³/mol. The molecule has 2 aromatic rings. The van der Waals surface area contributed by atoms with E-state index in [1.807, 2.05) is 31.2 Å². The van der Waals surface area contributed by atoms with Gasteiger partial charge in [0.05, 0.1) is 0 Å². The van der Waals surface area contributed by atoms with Crippen molar-refractivity contribution in [2.24, 2.45) is 0 Å². The molecule has 0 saturated heterocycles. The molecule has 0 bridgehead atoms. The van der Waals surface area contributed by atoms with E-state index >= 15 is 0 Å². The average molecular weight is 368 g/mol. The van der Waals surface area contributed by atoms with Crippen LogP contribution in [0.1, 0.15) is 38.7 Å². The number of carbonyl (C=O) groups excluding carboxylic acids is 2. The Morgan fingerprint density at radius 3 is 2.59 bits per heavy atom. The van der Waals surface area contributed by atoms with E-state index in [0.717, 1.165) is 0 Å². The van der Waals surface area contributed by atoms with Gasteiger partial charge in [0.25, 0.3) is 5.91 Å². The van der Waals surface area contributed by atoms with Crippen molar-refractivity contribution in [2.45, 2.75) is 39.2 Å². The second-order valence-corrected chi connectivity index (χ2v) is 6.82. The Labute approximate surface area is 158 Å². The first-order valence-corrected chi connectivity index (χ1v) is 9.03. The molecule has 0 fully saturated rings. The largest absolute Gasteiger partial charge is 0.477 e. The molecule has 0 saturated carbocycles. The highest BCUT2D eigenvalue weighted by atomic mass is 16.5. The summed E-state index contributed by atoms with van der Waals surface area (Å²) < 4.78 is 5.67. The van der Waals surface area contributed by atoms with Crippen molar-refractivity contribution in [1.82, 2.24) is 4.98 Å². The minimum absolute atomic E-state index is 0.159. The van der Waals surface area contributed by atoms with Crippen LogP contribution in [0.25, 0.3) is 0 Å². The van der Waals surface area contributed by atoms with Gasteiger partial charge in [-0.25, -0.2) is 4.98 Å². The Hall–Kier alpha value is -3.09. The Balaban J connectivity index is 1.77. The monoisotopic (exact) mass is 368 g/mol.